The van der Waals surface area contributed by atoms with Gasteiger partial charge in [-0.05, 0) is 67.6 Å². The summed E-state index contributed by atoms with van der Waals surface area (Å²) in [6.45, 7) is 0.236. The molecule has 2 aliphatic carbocycles. The second kappa shape index (κ2) is 9.37. The lowest BCUT2D eigenvalue weighted by atomic mass is 9.89. The fourth-order valence-electron chi connectivity index (χ4n) is 4.20. The number of nitrogens with one attached hydrogen (secondary N) is 1. The van der Waals surface area contributed by atoms with Crippen molar-refractivity contribution in [2.75, 3.05) is 5.32 Å². The number of halogens is 2. The van der Waals surface area contributed by atoms with Crippen molar-refractivity contribution in [2.24, 2.45) is 11.7 Å². The van der Waals surface area contributed by atoms with Gasteiger partial charge < -0.3 is 16.0 Å². The van der Waals surface area contributed by atoms with E-state index in [9.17, 15) is 14.0 Å². The Hall–Kier alpha value is -2.44. The van der Waals surface area contributed by atoms with Crippen molar-refractivity contribution in [1.82, 2.24) is 4.90 Å². The van der Waals surface area contributed by atoms with E-state index in [1.165, 1.54) is 18.2 Å². The molecule has 0 saturated heterocycles. The first-order valence-corrected chi connectivity index (χ1v) is 11.2. The zero-order chi connectivity index (χ0) is 22.0. The van der Waals surface area contributed by atoms with Gasteiger partial charge in [0.15, 0.2) is 0 Å². The Bertz CT molecular complexity index is 979. The molecule has 2 aromatic carbocycles. The van der Waals surface area contributed by atoms with Crippen molar-refractivity contribution >= 4 is 29.1 Å². The standard InChI is InChI=1S/C24H27ClFN3O2/c25-20-11-10-19(28-23(30)15-8-9-15)13-17(20)14-29(22-7-2-1-6-21(22)27)24(31)16-4-3-5-18(26)12-16/h3-5,10-13,15,21-22H,1-2,6-9,14,27H2,(H,28,30). The molecule has 2 fully saturated rings. The van der Waals surface area contributed by atoms with Crippen LogP contribution in [0.1, 0.15) is 54.4 Å². The van der Waals surface area contributed by atoms with Crippen LogP contribution in [-0.2, 0) is 11.3 Å². The highest BCUT2D eigenvalue weighted by atomic mass is 35.5. The van der Waals surface area contributed by atoms with Crippen molar-refractivity contribution in [2.45, 2.75) is 57.2 Å². The van der Waals surface area contributed by atoms with Gasteiger partial charge in [-0.25, -0.2) is 4.39 Å². The van der Waals surface area contributed by atoms with Crippen LogP contribution < -0.4 is 11.1 Å². The number of amides is 2. The molecule has 0 heterocycles. The lowest BCUT2D eigenvalue weighted by molar-refractivity contribution is -0.117. The van der Waals surface area contributed by atoms with E-state index in [4.69, 9.17) is 17.3 Å². The quantitative estimate of drug-likeness (QED) is 0.677. The van der Waals surface area contributed by atoms with Crippen molar-refractivity contribution in [3.63, 3.8) is 0 Å². The summed E-state index contributed by atoms with van der Waals surface area (Å²) in [5.74, 6) is -0.632. The number of carbonyl (C=O) groups is 2. The van der Waals surface area contributed by atoms with Gasteiger partial charge in [0.1, 0.15) is 5.82 Å². The summed E-state index contributed by atoms with van der Waals surface area (Å²) >= 11 is 6.46. The molecule has 5 nitrogen and oxygen atoms in total. The van der Waals surface area contributed by atoms with Gasteiger partial charge in [0.05, 0.1) is 0 Å². The smallest absolute Gasteiger partial charge is 0.254 e. The summed E-state index contributed by atoms with van der Waals surface area (Å²) in [5, 5.41) is 3.43. The number of nitrogens with two attached hydrogens (primary N) is 1. The first-order valence-electron chi connectivity index (χ1n) is 10.8. The van der Waals surface area contributed by atoms with Crippen LogP contribution in [-0.4, -0.2) is 28.8 Å². The number of anilines is 1. The molecule has 31 heavy (non-hydrogen) atoms. The summed E-state index contributed by atoms with van der Waals surface area (Å²) in [5.41, 5.74) is 8.05. The van der Waals surface area contributed by atoms with Gasteiger partial charge in [-0.2, -0.15) is 0 Å². The van der Waals surface area contributed by atoms with Gasteiger partial charge in [0, 0.05) is 40.8 Å². The topological polar surface area (TPSA) is 75.4 Å². The van der Waals surface area contributed by atoms with E-state index in [1.807, 2.05) is 6.07 Å². The minimum Gasteiger partial charge on any atom is -0.330 e. The molecule has 0 aromatic heterocycles. The summed E-state index contributed by atoms with van der Waals surface area (Å²) in [4.78, 5) is 27.3. The molecule has 4 rings (SSSR count). The Morgan fingerprint density at radius 1 is 1.10 bits per heavy atom. The van der Waals surface area contributed by atoms with Crippen molar-refractivity contribution in [1.29, 1.82) is 0 Å². The molecule has 0 aliphatic heterocycles. The maximum Gasteiger partial charge on any atom is 0.254 e. The predicted molar refractivity (Wildman–Crippen MR) is 119 cm³/mol. The fourth-order valence-corrected chi connectivity index (χ4v) is 4.38. The van der Waals surface area contributed by atoms with Gasteiger partial charge in [0.2, 0.25) is 5.91 Å². The van der Waals surface area contributed by atoms with Gasteiger partial charge in [-0.1, -0.05) is 30.5 Å². The highest BCUT2D eigenvalue weighted by molar-refractivity contribution is 6.31. The number of benzene rings is 2. The molecular formula is C24H27ClFN3O2. The highest BCUT2D eigenvalue weighted by Crippen LogP contribution is 2.32. The SMILES string of the molecule is NC1CCCCC1N(Cc1cc(NC(=O)C2CC2)ccc1Cl)C(=O)c1cccc(F)c1. The van der Waals surface area contributed by atoms with E-state index in [-0.39, 0.29) is 41.9 Å². The molecule has 164 valence electrons. The molecule has 0 bridgehead atoms. The molecule has 2 aromatic rings. The van der Waals surface area contributed by atoms with E-state index < -0.39 is 5.82 Å². The Morgan fingerprint density at radius 2 is 1.87 bits per heavy atom. The van der Waals surface area contributed by atoms with E-state index in [0.29, 0.717) is 10.7 Å². The lowest BCUT2D eigenvalue weighted by Crippen LogP contribution is -2.51. The minimum absolute atomic E-state index is 0.00951. The maximum atomic E-state index is 13.8. The summed E-state index contributed by atoms with van der Waals surface area (Å²) in [6, 6.07) is 10.7. The normalized spacial score (nSPS) is 20.9. The van der Waals surface area contributed by atoms with Crippen LogP contribution in [0, 0.1) is 11.7 Å². The fraction of sp³-hybridized carbons (Fsp3) is 0.417. The third-order valence-electron chi connectivity index (χ3n) is 6.12. The summed E-state index contributed by atoms with van der Waals surface area (Å²) < 4.78 is 13.8. The third kappa shape index (κ3) is 5.25. The lowest BCUT2D eigenvalue weighted by Gasteiger charge is -2.38. The van der Waals surface area contributed by atoms with Crippen LogP contribution in [0.2, 0.25) is 5.02 Å². The van der Waals surface area contributed by atoms with Crippen LogP contribution >= 0.6 is 11.6 Å². The first-order chi connectivity index (χ1) is 14.9. The molecular weight excluding hydrogens is 417 g/mol. The Balaban J connectivity index is 1.62. The van der Waals surface area contributed by atoms with Crippen LogP contribution in [0.3, 0.4) is 0 Å². The number of carbonyl (C=O) groups excluding carboxylic acids is 2. The van der Waals surface area contributed by atoms with Gasteiger partial charge in [0.25, 0.3) is 5.91 Å². The number of hydrogen-bond donors (Lipinski definition) is 2. The van der Waals surface area contributed by atoms with E-state index in [2.05, 4.69) is 5.32 Å². The summed E-state index contributed by atoms with van der Waals surface area (Å²) in [6.07, 6.45) is 5.48. The van der Waals surface area contributed by atoms with E-state index in [0.717, 1.165) is 44.1 Å². The monoisotopic (exact) mass is 443 g/mol. The average molecular weight is 444 g/mol. The van der Waals surface area contributed by atoms with Crippen LogP contribution in [0.5, 0.6) is 0 Å². The van der Waals surface area contributed by atoms with Crippen LogP contribution in [0.4, 0.5) is 10.1 Å². The van der Waals surface area contributed by atoms with Crippen LogP contribution in [0.15, 0.2) is 42.5 Å². The van der Waals surface area contributed by atoms with E-state index >= 15 is 0 Å². The zero-order valence-electron chi connectivity index (χ0n) is 17.3. The molecule has 0 spiro atoms. The van der Waals surface area contributed by atoms with Gasteiger partial charge >= 0.3 is 0 Å². The molecule has 2 atom stereocenters. The van der Waals surface area contributed by atoms with Gasteiger partial charge in [-0.3, -0.25) is 9.59 Å². The number of rotatable bonds is 6. The summed E-state index contributed by atoms with van der Waals surface area (Å²) in [7, 11) is 0. The van der Waals surface area contributed by atoms with Crippen molar-refractivity contribution < 1.29 is 14.0 Å². The maximum absolute atomic E-state index is 13.8. The Kier molecular flexibility index (Phi) is 6.58. The van der Waals surface area contributed by atoms with Crippen molar-refractivity contribution in [3.05, 3.63) is 64.4 Å². The molecule has 2 saturated carbocycles. The molecule has 7 heteroatoms. The second-order valence-corrected chi connectivity index (χ2v) is 8.94. The third-order valence-corrected chi connectivity index (χ3v) is 6.49. The average Bonchev–Trinajstić information content (AvgIpc) is 3.60. The molecule has 0 radical (unpaired) electrons. The molecule has 2 amide bonds. The Labute approximate surface area is 186 Å². The molecule has 2 unspecified atom stereocenters. The van der Waals surface area contributed by atoms with Crippen LogP contribution in [0.25, 0.3) is 0 Å². The van der Waals surface area contributed by atoms with Crippen molar-refractivity contribution in [3.8, 4) is 0 Å². The zero-order valence-corrected chi connectivity index (χ0v) is 18.1. The Morgan fingerprint density at radius 3 is 2.58 bits per heavy atom. The number of nitrogens with zero attached hydrogens (tertiary/aromatic N) is 1. The molecule has 3 N–H and O–H groups in total. The molecule has 2 aliphatic rings. The van der Waals surface area contributed by atoms with E-state index in [1.54, 1.807) is 23.1 Å². The largest absolute Gasteiger partial charge is 0.330 e. The number of hydrogen-bond acceptors (Lipinski definition) is 3. The predicted octanol–water partition coefficient (Wildman–Crippen LogP) is 4.74. The highest BCUT2D eigenvalue weighted by Gasteiger charge is 2.32. The second-order valence-electron chi connectivity index (χ2n) is 8.53. The first kappa shape index (κ1) is 21.8. The van der Waals surface area contributed by atoms with Gasteiger partial charge in [-0.15, -0.1) is 0 Å². The minimum atomic E-state index is -0.457.